The fraction of sp³-hybridized carbons (Fsp3) is 0.278. The van der Waals surface area contributed by atoms with E-state index in [4.69, 9.17) is 11.6 Å². The summed E-state index contributed by atoms with van der Waals surface area (Å²) in [6.07, 6.45) is 0. The van der Waals surface area contributed by atoms with E-state index in [1.807, 2.05) is 25.1 Å². The lowest BCUT2D eigenvalue weighted by atomic mass is 10.1. The molecule has 5 heteroatoms. The van der Waals surface area contributed by atoms with Gasteiger partial charge in [-0.25, -0.2) is 4.39 Å². The highest BCUT2D eigenvalue weighted by Gasteiger charge is 2.22. The van der Waals surface area contributed by atoms with Crippen molar-refractivity contribution in [3.8, 4) is 0 Å². The summed E-state index contributed by atoms with van der Waals surface area (Å²) in [5.74, 6) is -0.505. The van der Waals surface area contributed by atoms with Gasteiger partial charge in [0.2, 0.25) is 0 Å². The van der Waals surface area contributed by atoms with Crippen LogP contribution in [-0.4, -0.2) is 37.0 Å². The molecule has 1 fully saturated rings. The lowest BCUT2D eigenvalue weighted by Crippen LogP contribution is -2.48. The van der Waals surface area contributed by atoms with Crippen LogP contribution < -0.4 is 4.90 Å². The topological polar surface area (TPSA) is 23.6 Å². The number of hydrogen-bond donors (Lipinski definition) is 0. The fourth-order valence-corrected chi connectivity index (χ4v) is 2.93. The third-order valence-corrected chi connectivity index (χ3v) is 4.57. The van der Waals surface area contributed by atoms with Crippen LogP contribution in [0.15, 0.2) is 42.5 Å². The minimum absolute atomic E-state index is 0.119. The molecule has 0 radical (unpaired) electrons. The van der Waals surface area contributed by atoms with Crippen molar-refractivity contribution in [3.05, 3.63) is 64.4 Å². The molecule has 0 bridgehead atoms. The number of hydrogen-bond acceptors (Lipinski definition) is 2. The second-order valence-electron chi connectivity index (χ2n) is 5.72. The average molecular weight is 333 g/mol. The van der Waals surface area contributed by atoms with E-state index in [-0.39, 0.29) is 11.7 Å². The molecule has 0 aromatic heterocycles. The average Bonchev–Trinajstić information content (AvgIpc) is 2.57. The quantitative estimate of drug-likeness (QED) is 0.836. The van der Waals surface area contributed by atoms with Gasteiger partial charge in [0.15, 0.2) is 0 Å². The SMILES string of the molecule is Cc1ccc(N2CCN(C(=O)c3cccc(F)c3)CC2)cc1Cl. The Labute approximate surface area is 140 Å². The lowest BCUT2D eigenvalue weighted by molar-refractivity contribution is 0.0746. The van der Waals surface area contributed by atoms with Crippen molar-refractivity contribution in [1.82, 2.24) is 4.90 Å². The normalized spacial score (nSPS) is 14.9. The van der Waals surface area contributed by atoms with Gasteiger partial charge >= 0.3 is 0 Å². The largest absolute Gasteiger partial charge is 0.368 e. The predicted octanol–water partition coefficient (Wildman–Crippen LogP) is 3.75. The number of halogens is 2. The maximum atomic E-state index is 13.3. The number of anilines is 1. The van der Waals surface area contributed by atoms with Crippen LogP contribution in [-0.2, 0) is 0 Å². The van der Waals surface area contributed by atoms with Gasteiger partial charge in [-0.3, -0.25) is 4.79 Å². The van der Waals surface area contributed by atoms with Gasteiger partial charge in [0.25, 0.3) is 5.91 Å². The second kappa shape index (κ2) is 6.59. The Bertz CT molecular complexity index is 727. The Morgan fingerprint density at radius 2 is 1.83 bits per heavy atom. The molecule has 0 saturated carbocycles. The van der Waals surface area contributed by atoms with E-state index in [2.05, 4.69) is 4.90 Å². The first-order valence-electron chi connectivity index (χ1n) is 7.60. The smallest absolute Gasteiger partial charge is 0.254 e. The molecule has 1 aliphatic heterocycles. The predicted molar refractivity (Wildman–Crippen MR) is 90.7 cm³/mol. The molecular weight excluding hydrogens is 315 g/mol. The first-order valence-corrected chi connectivity index (χ1v) is 7.98. The first-order chi connectivity index (χ1) is 11.0. The number of nitrogens with zero attached hydrogens (tertiary/aromatic N) is 2. The summed E-state index contributed by atoms with van der Waals surface area (Å²) in [5, 5.41) is 0.751. The number of carbonyl (C=O) groups is 1. The van der Waals surface area contributed by atoms with E-state index in [0.29, 0.717) is 18.7 Å². The standard InChI is InChI=1S/C18H18ClFN2O/c1-13-5-6-16(12-17(13)19)21-7-9-22(10-8-21)18(23)14-3-2-4-15(20)11-14/h2-6,11-12H,7-10H2,1H3. The van der Waals surface area contributed by atoms with Crippen LogP contribution in [0.25, 0.3) is 0 Å². The molecule has 1 heterocycles. The van der Waals surface area contributed by atoms with Crippen LogP contribution in [0, 0.1) is 12.7 Å². The minimum atomic E-state index is -0.385. The van der Waals surface area contributed by atoms with Gasteiger partial charge in [0.05, 0.1) is 0 Å². The summed E-state index contributed by atoms with van der Waals surface area (Å²) < 4.78 is 13.3. The van der Waals surface area contributed by atoms with Crippen molar-refractivity contribution < 1.29 is 9.18 Å². The van der Waals surface area contributed by atoms with Gasteiger partial charge in [0.1, 0.15) is 5.82 Å². The van der Waals surface area contributed by atoms with Crippen molar-refractivity contribution in [2.75, 3.05) is 31.1 Å². The molecule has 0 spiro atoms. The molecule has 0 unspecified atom stereocenters. The Balaban J connectivity index is 1.66. The van der Waals surface area contributed by atoms with Crippen molar-refractivity contribution in [2.45, 2.75) is 6.92 Å². The number of rotatable bonds is 2. The van der Waals surface area contributed by atoms with Gasteiger partial charge in [-0.05, 0) is 42.8 Å². The van der Waals surface area contributed by atoms with E-state index in [9.17, 15) is 9.18 Å². The Kier molecular flexibility index (Phi) is 4.53. The molecule has 2 aromatic carbocycles. The zero-order valence-electron chi connectivity index (χ0n) is 12.9. The third kappa shape index (κ3) is 3.48. The molecule has 1 saturated heterocycles. The van der Waals surface area contributed by atoms with Crippen molar-refractivity contribution in [2.24, 2.45) is 0 Å². The summed E-state index contributed by atoms with van der Waals surface area (Å²) in [6, 6.07) is 11.9. The van der Waals surface area contributed by atoms with Gasteiger partial charge in [-0.2, -0.15) is 0 Å². The highest BCUT2D eigenvalue weighted by Crippen LogP contribution is 2.24. The molecule has 3 rings (SSSR count). The summed E-state index contributed by atoms with van der Waals surface area (Å²) in [7, 11) is 0. The summed E-state index contributed by atoms with van der Waals surface area (Å²) in [4.78, 5) is 16.4. The van der Waals surface area contributed by atoms with E-state index >= 15 is 0 Å². The monoisotopic (exact) mass is 332 g/mol. The van der Waals surface area contributed by atoms with Crippen LogP contribution in [0.4, 0.5) is 10.1 Å². The van der Waals surface area contributed by atoms with E-state index < -0.39 is 0 Å². The number of amides is 1. The Hall–Kier alpha value is -2.07. The first kappa shape index (κ1) is 15.8. The summed E-state index contributed by atoms with van der Waals surface area (Å²) in [5.41, 5.74) is 2.52. The second-order valence-corrected chi connectivity index (χ2v) is 6.13. The molecule has 0 atom stereocenters. The summed E-state index contributed by atoms with van der Waals surface area (Å²) >= 11 is 6.18. The molecule has 0 aliphatic carbocycles. The molecule has 2 aromatic rings. The van der Waals surface area contributed by atoms with Crippen LogP contribution >= 0.6 is 11.6 Å². The molecular formula is C18H18ClFN2O. The molecule has 120 valence electrons. The van der Waals surface area contributed by atoms with Gasteiger partial charge in [-0.1, -0.05) is 23.7 Å². The number of aryl methyl sites for hydroxylation is 1. The Morgan fingerprint density at radius 3 is 2.48 bits per heavy atom. The fourth-order valence-electron chi connectivity index (χ4n) is 2.75. The third-order valence-electron chi connectivity index (χ3n) is 4.16. The summed E-state index contributed by atoms with van der Waals surface area (Å²) in [6.45, 7) is 4.67. The van der Waals surface area contributed by atoms with Gasteiger partial charge < -0.3 is 9.80 Å². The van der Waals surface area contributed by atoms with Crippen molar-refractivity contribution in [3.63, 3.8) is 0 Å². The maximum Gasteiger partial charge on any atom is 0.254 e. The highest BCUT2D eigenvalue weighted by atomic mass is 35.5. The molecule has 1 aliphatic rings. The van der Waals surface area contributed by atoms with E-state index in [0.717, 1.165) is 29.4 Å². The van der Waals surface area contributed by atoms with Crippen LogP contribution in [0.2, 0.25) is 5.02 Å². The van der Waals surface area contributed by atoms with Crippen molar-refractivity contribution >= 4 is 23.2 Å². The number of benzene rings is 2. The zero-order chi connectivity index (χ0) is 16.4. The molecule has 3 nitrogen and oxygen atoms in total. The molecule has 0 N–H and O–H groups in total. The van der Waals surface area contributed by atoms with E-state index in [1.54, 1.807) is 17.0 Å². The molecule has 1 amide bonds. The molecule has 23 heavy (non-hydrogen) atoms. The maximum absolute atomic E-state index is 13.3. The van der Waals surface area contributed by atoms with Crippen LogP contribution in [0.1, 0.15) is 15.9 Å². The van der Waals surface area contributed by atoms with Gasteiger partial charge in [-0.15, -0.1) is 0 Å². The van der Waals surface area contributed by atoms with Gasteiger partial charge in [0, 0.05) is 42.5 Å². The van der Waals surface area contributed by atoms with Crippen LogP contribution in [0.5, 0.6) is 0 Å². The van der Waals surface area contributed by atoms with Crippen molar-refractivity contribution in [1.29, 1.82) is 0 Å². The highest BCUT2D eigenvalue weighted by molar-refractivity contribution is 6.31. The zero-order valence-corrected chi connectivity index (χ0v) is 13.7. The number of piperazine rings is 1. The lowest BCUT2D eigenvalue weighted by Gasteiger charge is -2.36. The minimum Gasteiger partial charge on any atom is -0.368 e. The number of carbonyl (C=O) groups excluding carboxylic acids is 1. The van der Waals surface area contributed by atoms with E-state index in [1.165, 1.54) is 12.1 Å². The van der Waals surface area contributed by atoms with Crippen LogP contribution in [0.3, 0.4) is 0 Å². The Morgan fingerprint density at radius 1 is 1.09 bits per heavy atom.